The Morgan fingerprint density at radius 1 is 1.22 bits per heavy atom. The van der Waals surface area contributed by atoms with E-state index in [9.17, 15) is 13.6 Å². The van der Waals surface area contributed by atoms with Crippen LogP contribution in [0.5, 0.6) is 0 Å². The summed E-state index contributed by atoms with van der Waals surface area (Å²) in [5.41, 5.74) is 2.39. The molecule has 0 radical (unpaired) electrons. The fourth-order valence-electron chi connectivity index (χ4n) is 2.15. The van der Waals surface area contributed by atoms with Crippen molar-refractivity contribution < 1.29 is 18.9 Å². The van der Waals surface area contributed by atoms with Crippen LogP contribution in [0.25, 0.3) is 0 Å². The first-order valence-electron chi connectivity index (χ1n) is 7.21. The smallest absolute Gasteiger partial charge is 0.279 e. The highest BCUT2D eigenvalue weighted by atomic mass is 79.9. The third kappa shape index (κ3) is 4.84. The van der Waals surface area contributed by atoms with Crippen LogP contribution >= 0.6 is 15.9 Å². The minimum atomic E-state index is -0.877. The number of quaternary nitrogens is 1. The molecule has 1 atom stereocenters. The van der Waals surface area contributed by atoms with Gasteiger partial charge in [-0.05, 0) is 55.8 Å². The van der Waals surface area contributed by atoms with Crippen molar-refractivity contribution in [3.05, 3.63) is 63.6 Å². The van der Waals surface area contributed by atoms with Crippen LogP contribution in [-0.2, 0) is 4.79 Å². The molecule has 3 nitrogen and oxygen atoms in total. The number of nitrogens with one attached hydrogen (secondary N) is 1. The Hall–Kier alpha value is -1.79. The van der Waals surface area contributed by atoms with E-state index in [-0.39, 0.29) is 18.5 Å². The maximum atomic E-state index is 13.2. The molecule has 3 N–H and O–H groups in total. The fourth-order valence-corrected chi connectivity index (χ4v) is 2.40. The zero-order valence-corrected chi connectivity index (χ0v) is 14.5. The highest BCUT2D eigenvalue weighted by Crippen LogP contribution is 2.19. The summed E-state index contributed by atoms with van der Waals surface area (Å²) in [7, 11) is 0. The van der Waals surface area contributed by atoms with E-state index in [4.69, 9.17) is 0 Å². The van der Waals surface area contributed by atoms with Gasteiger partial charge >= 0.3 is 0 Å². The number of hydrogen-bond acceptors (Lipinski definition) is 1. The van der Waals surface area contributed by atoms with Crippen LogP contribution in [0.4, 0.5) is 14.5 Å². The summed E-state index contributed by atoms with van der Waals surface area (Å²) < 4.78 is 27.1. The van der Waals surface area contributed by atoms with Gasteiger partial charge in [-0.25, -0.2) is 8.78 Å². The molecule has 1 amide bonds. The number of anilines is 1. The van der Waals surface area contributed by atoms with Crippen LogP contribution in [0.2, 0.25) is 0 Å². The number of rotatable bonds is 5. The first-order chi connectivity index (χ1) is 10.9. The van der Waals surface area contributed by atoms with Crippen molar-refractivity contribution in [2.24, 2.45) is 0 Å². The van der Waals surface area contributed by atoms with Gasteiger partial charge in [0.25, 0.3) is 5.91 Å². The minimum Gasteiger partial charge on any atom is -0.333 e. The van der Waals surface area contributed by atoms with Gasteiger partial charge in [0, 0.05) is 15.7 Å². The minimum absolute atomic E-state index is 0.150. The van der Waals surface area contributed by atoms with Crippen LogP contribution in [0.3, 0.4) is 0 Å². The summed E-state index contributed by atoms with van der Waals surface area (Å²) >= 11 is 3.41. The fraction of sp³-hybridized carbons (Fsp3) is 0.235. The summed E-state index contributed by atoms with van der Waals surface area (Å²) in [4.78, 5) is 12.0. The molecule has 0 aliphatic rings. The number of hydrogen-bond donors (Lipinski definition) is 2. The molecule has 2 aromatic rings. The molecule has 0 saturated carbocycles. The molecule has 6 heteroatoms. The lowest BCUT2D eigenvalue weighted by Crippen LogP contribution is -2.86. The van der Waals surface area contributed by atoms with Crippen molar-refractivity contribution in [3.63, 3.8) is 0 Å². The molecule has 0 aromatic heterocycles. The summed E-state index contributed by atoms with van der Waals surface area (Å²) in [5.74, 6) is -1.90. The molecule has 122 valence electrons. The van der Waals surface area contributed by atoms with Gasteiger partial charge in [-0.3, -0.25) is 4.79 Å². The molecule has 0 spiro atoms. The normalized spacial score (nSPS) is 12.0. The Bertz CT molecular complexity index is 722. The van der Waals surface area contributed by atoms with Gasteiger partial charge in [-0.2, -0.15) is 0 Å². The number of amides is 1. The van der Waals surface area contributed by atoms with E-state index in [0.29, 0.717) is 5.56 Å². The molecule has 0 fully saturated rings. The summed E-state index contributed by atoms with van der Waals surface area (Å²) in [6.07, 6.45) is 0. The second-order valence-corrected chi connectivity index (χ2v) is 6.27. The summed E-state index contributed by atoms with van der Waals surface area (Å²) in [6.45, 7) is 3.97. The molecule has 0 unspecified atom stereocenters. The molecule has 0 aliphatic heterocycles. The Balaban J connectivity index is 1.90. The molecule has 0 bridgehead atoms. The van der Waals surface area contributed by atoms with Gasteiger partial charge in [0.05, 0.1) is 0 Å². The number of carbonyl (C=O) groups excluding carboxylic acids is 1. The van der Waals surface area contributed by atoms with E-state index in [2.05, 4.69) is 21.2 Å². The molecule has 0 saturated heterocycles. The maximum Gasteiger partial charge on any atom is 0.279 e. The lowest BCUT2D eigenvalue weighted by molar-refractivity contribution is -0.682. The van der Waals surface area contributed by atoms with Crippen molar-refractivity contribution in [2.45, 2.75) is 19.9 Å². The van der Waals surface area contributed by atoms with Crippen molar-refractivity contribution in [1.29, 1.82) is 0 Å². The predicted molar refractivity (Wildman–Crippen MR) is 89.1 cm³/mol. The lowest BCUT2D eigenvalue weighted by atomic mass is 10.1. The van der Waals surface area contributed by atoms with Crippen LogP contribution in [-0.4, -0.2) is 12.5 Å². The van der Waals surface area contributed by atoms with Gasteiger partial charge in [0.1, 0.15) is 6.04 Å². The maximum absolute atomic E-state index is 13.2. The van der Waals surface area contributed by atoms with Gasteiger partial charge < -0.3 is 10.6 Å². The van der Waals surface area contributed by atoms with Crippen molar-refractivity contribution in [2.75, 3.05) is 11.9 Å². The van der Waals surface area contributed by atoms with E-state index in [0.717, 1.165) is 27.9 Å². The Kier molecular flexibility index (Phi) is 5.85. The van der Waals surface area contributed by atoms with Gasteiger partial charge in [0.2, 0.25) is 0 Å². The van der Waals surface area contributed by atoms with E-state index in [1.807, 2.05) is 32.0 Å². The van der Waals surface area contributed by atoms with Crippen LogP contribution in [0, 0.1) is 18.6 Å². The van der Waals surface area contributed by atoms with E-state index >= 15 is 0 Å². The quantitative estimate of drug-likeness (QED) is 0.817. The standard InChI is InChI=1S/C17H17BrF2N2O/c1-10-7-13(4-5-14(10)18)22-17(23)9-21-11(2)12-3-6-15(19)16(20)8-12/h3-8,11,21H,9H2,1-2H3,(H,22,23)/p+1/t11-/m1/s1. The molecular weight excluding hydrogens is 366 g/mol. The monoisotopic (exact) mass is 383 g/mol. The van der Waals surface area contributed by atoms with Gasteiger partial charge in [-0.1, -0.05) is 15.9 Å². The third-order valence-corrected chi connectivity index (χ3v) is 4.46. The molecule has 0 aliphatic carbocycles. The Morgan fingerprint density at radius 2 is 1.96 bits per heavy atom. The second-order valence-electron chi connectivity index (χ2n) is 5.41. The average Bonchev–Trinajstić information content (AvgIpc) is 2.51. The van der Waals surface area contributed by atoms with Gasteiger partial charge in [0.15, 0.2) is 18.2 Å². The van der Waals surface area contributed by atoms with Crippen molar-refractivity contribution in [3.8, 4) is 0 Å². The summed E-state index contributed by atoms with van der Waals surface area (Å²) in [6, 6.07) is 9.19. The number of benzene rings is 2. The zero-order chi connectivity index (χ0) is 17.0. The molecule has 23 heavy (non-hydrogen) atoms. The third-order valence-electron chi connectivity index (χ3n) is 3.57. The molecule has 2 rings (SSSR count). The summed E-state index contributed by atoms with van der Waals surface area (Å²) in [5, 5.41) is 4.58. The molecule has 2 aromatic carbocycles. The number of aryl methyl sites for hydroxylation is 1. The van der Waals surface area contributed by atoms with E-state index in [1.54, 1.807) is 5.32 Å². The van der Waals surface area contributed by atoms with Gasteiger partial charge in [-0.15, -0.1) is 0 Å². The first-order valence-corrected chi connectivity index (χ1v) is 8.00. The largest absolute Gasteiger partial charge is 0.333 e. The number of carbonyl (C=O) groups is 1. The van der Waals surface area contributed by atoms with E-state index < -0.39 is 11.6 Å². The Labute approximate surface area is 142 Å². The Morgan fingerprint density at radius 3 is 2.61 bits per heavy atom. The molecule has 0 heterocycles. The number of nitrogens with two attached hydrogens (primary N) is 1. The predicted octanol–water partition coefficient (Wildman–Crippen LogP) is 3.30. The van der Waals surface area contributed by atoms with Crippen molar-refractivity contribution >= 4 is 27.5 Å². The lowest BCUT2D eigenvalue weighted by Gasteiger charge is -2.12. The SMILES string of the molecule is Cc1cc(NC(=O)C[NH2+][C@H](C)c2ccc(F)c(F)c2)ccc1Br. The average molecular weight is 384 g/mol. The molecular formula is C17H18BrF2N2O+. The van der Waals surface area contributed by atoms with Crippen LogP contribution in [0.1, 0.15) is 24.1 Å². The van der Waals surface area contributed by atoms with Crippen molar-refractivity contribution in [1.82, 2.24) is 0 Å². The number of halogens is 3. The van der Waals surface area contributed by atoms with Crippen LogP contribution < -0.4 is 10.6 Å². The first kappa shape index (κ1) is 17.6. The van der Waals surface area contributed by atoms with Crippen LogP contribution in [0.15, 0.2) is 40.9 Å². The second kappa shape index (κ2) is 7.66. The highest BCUT2D eigenvalue weighted by molar-refractivity contribution is 9.10. The van der Waals surface area contributed by atoms with E-state index in [1.165, 1.54) is 6.07 Å². The zero-order valence-electron chi connectivity index (χ0n) is 12.9. The topological polar surface area (TPSA) is 45.7 Å². The highest BCUT2D eigenvalue weighted by Gasteiger charge is 2.14.